The van der Waals surface area contributed by atoms with Gasteiger partial charge in [0.1, 0.15) is 12.6 Å². The van der Waals surface area contributed by atoms with Crippen molar-refractivity contribution in [1.29, 1.82) is 0 Å². The van der Waals surface area contributed by atoms with E-state index < -0.39 is 17.3 Å². The van der Waals surface area contributed by atoms with E-state index in [9.17, 15) is 14.4 Å². The Morgan fingerprint density at radius 3 is 2.32 bits per heavy atom. The molecule has 0 saturated heterocycles. The molecule has 0 aromatic heterocycles. The van der Waals surface area contributed by atoms with E-state index in [0.29, 0.717) is 12.3 Å². The first kappa shape index (κ1) is 18.6. The minimum Gasteiger partial charge on any atom is -0.469 e. The minimum atomic E-state index is -0.697. The number of fused-ring (bicyclic) bond motifs is 3. The van der Waals surface area contributed by atoms with Gasteiger partial charge in [-0.25, -0.2) is 0 Å². The van der Waals surface area contributed by atoms with E-state index in [-0.39, 0.29) is 22.7 Å². The first-order valence-electron chi connectivity index (χ1n) is 9.76. The molecule has 0 unspecified atom stereocenters. The predicted octanol–water partition coefficient (Wildman–Crippen LogP) is 3.81. The summed E-state index contributed by atoms with van der Waals surface area (Å²) in [6.45, 7) is 7.07. The van der Waals surface area contributed by atoms with Crippen molar-refractivity contribution in [2.24, 2.45) is 39.9 Å². The van der Waals surface area contributed by atoms with Crippen LogP contribution in [-0.4, -0.2) is 25.7 Å². The summed E-state index contributed by atoms with van der Waals surface area (Å²) in [7, 11) is 1.37. The van der Waals surface area contributed by atoms with Gasteiger partial charge in [-0.05, 0) is 61.2 Å². The summed E-state index contributed by atoms with van der Waals surface area (Å²) >= 11 is 0. The molecule has 3 aliphatic rings. The highest BCUT2D eigenvalue weighted by Crippen LogP contribution is 2.68. The molecule has 0 radical (unpaired) electrons. The maximum atomic E-state index is 12.4. The highest BCUT2D eigenvalue weighted by atomic mass is 16.5. The molecule has 0 amide bonds. The standard InChI is InChI=1S/C21H32O4/c1-19(2)9-5-10-20(3)16(19)8-11-21(13-23)15(12-22)14(18(24)25-4)6-7-17(20)21/h12-17H,5-11H2,1-4H3/t14-,15-,16+,17-,20+,21-/m1/s1. The second kappa shape index (κ2) is 6.21. The smallest absolute Gasteiger partial charge is 0.309 e. The number of rotatable bonds is 3. The lowest BCUT2D eigenvalue weighted by molar-refractivity contribution is -0.187. The van der Waals surface area contributed by atoms with Crippen molar-refractivity contribution in [2.45, 2.75) is 65.7 Å². The summed E-state index contributed by atoms with van der Waals surface area (Å²) in [5, 5.41) is 0. The third kappa shape index (κ3) is 2.50. The lowest BCUT2D eigenvalue weighted by atomic mass is 9.38. The fraction of sp³-hybridized carbons (Fsp3) is 0.857. The highest BCUT2D eigenvalue weighted by molar-refractivity contribution is 5.81. The van der Waals surface area contributed by atoms with E-state index in [0.717, 1.165) is 38.3 Å². The summed E-state index contributed by atoms with van der Waals surface area (Å²) in [4.78, 5) is 36.7. The molecule has 25 heavy (non-hydrogen) atoms. The van der Waals surface area contributed by atoms with Crippen molar-refractivity contribution in [1.82, 2.24) is 0 Å². The van der Waals surface area contributed by atoms with Crippen molar-refractivity contribution < 1.29 is 19.1 Å². The zero-order valence-corrected chi connectivity index (χ0v) is 16.0. The van der Waals surface area contributed by atoms with E-state index in [2.05, 4.69) is 20.8 Å². The summed E-state index contributed by atoms with van der Waals surface area (Å²) in [5.74, 6) is -0.589. The van der Waals surface area contributed by atoms with E-state index >= 15 is 0 Å². The van der Waals surface area contributed by atoms with Crippen LogP contribution < -0.4 is 0 Å². The molecule has 0 aromatic rings. The first-order valence-corrected chi connectivity index (χ1v) is 9.76. The Kier molecular flexibility index (Phi) is 4.62. The van der Waals surface area contributed by atoms with Crippen molar-refractivity contribution in [2.75, 3.05) is 7.11 Å². The van der Waals surface area contributed by atoms with Gasteiger partial charge in [0.05, 0.1) is 13.0 Å². The number of hydrogen-bond acceptors (Lipinski definition) is 4. The average molecular weight is 348 g/mol. The molecule has 3 aliphatic carbocycles. The van der Waals surface area contributed by atoms with E-state index in [4.69, 9.17) is 4.74 Å². The second-order valence-corrected chi connectivity index (χ2v) is 9.59. The monoisotopic (exact) mass is 348 g/mol. The van der Waals surface area contributed by atoms with Gasteiger partial charge in [-0.3, -0.25) is 4.79 Å². The summed E-state index contributed by atoms with van der Waals surface area (Å²) in [6, 6.07) is 0. The maximum absolute atomic E-state index is 12.4. The van der Waals surface area contributed by atoms with Gasteiger partial charge in [-0.1, -0.05) is 27.2 Å². The first-order chi connectivity index (χ1) is 11.8. The number of methoxy groups -OCH3 is 1. The van der Waals surface area contributed by atoms with Crippen molar-refractivity contribution in [3.63, 3.8) is 0 Å². The third-order valence-corrected chi connectivity index (χ3v) is 8.28. The van der Waals surface area contributed by atoms with Gasteiger partial charge in [0, 0.05) is 11.3 Å². The fourth-order valence-corrected chi connectivity index (χ4v) is 7.24. The van der Waals surface area contributed by atoms with Crippen molar-refractivity contribution in [3.8, 4) is 0 Å². The molecule has 0 aliphatic heterocycles. The zero-order chi connectivity index (χ0) is 18.5. The number of carbonyl (C=O) groups excluding carboxylic acids is 3. The van der Waals surface area contributed by atoms with Crippen molar-refractivity contribution >= 4 is 18.5 Å². The Hall–Kier alpha value is -1.19. The van der Waals surface area contributed by atoms with Crippen LogP contribution in [0, 0.1) is 39.9 Å². The highest BCUT2D eigenvalue weighted by Gasteiger charge is 2.64. The van der Waals surface area contributed by atoms with Gasteiger partial charge in [-0.2, -0.15) is 0 Å². The Balaban J connectivity index is 2.04. The van der Waals surface area contributed by atoms with Crippen LogP contribution in [0.15, 0.2) is 0 Å². The summed E-state index contributed by atoms with van der Waals surface area (Å²) in [5.41, 5.74) is -0.349. The van der Waals surface area contributed by atoms with E-state index in [1.165, 1.54) is 20.0 Å². The third-order valence-electron chi connectivity index (χ3n) is 8.28. The van der Waals surface area contributed by atoms with Gasteiger partial charge < -0.3 is 14.3 Å². The number of aldehydes is 2. The Morgan fingerprint density at radius 1 is 1.00 bits per heavy atom. The van der Waals surface area contributed by atoms with Crippen LogP contribution in [0.2, 0.25) is 0 Å². The van der Waals surface area contributed by atoms with E-state index in [1.807, 2.05) is 0 Å². The Bertz CT molecular complexity index is 568. The molecule has 0 aromatic carbocycles. The predicted molar refractivity (Wildman–Crippen MR) is 94.7 cm³/mol. The molecule has 0 N–H and O–H groups in total. The molecule has 140 valence electrons. The van der Waals surface area contributed by atoms with Crippen molar-refractivity contribution in [3.05, 3.63) is 0 Å². The maximum Gasteiger partial charge on any atom is 0.309 e. The van der Waals surface area contributed by atoms with Crippen LogP contribution >= 0.6 is 0 Å². The molecule has 0 heterocycles. The van der Waals surface area contributed by atoms with Gasteiger partial charge in [0.15, 0.2) is 0 Å². The van der Waals surface area contributed by atoms with Crippen LogP contribution in [0.5, 0.6) is 0 Å². The average Bonchev–Trinajstić information content (AvgIpc) is 2.58. The second-order valence-electron chi connectivity index (χ2n) is 9.59. The van der Waals surface area contributed by atoms with E-state index in [1.54, 1.807) is 0 Å². The van der Waals surface area contributed by atoms with Gasteiger partial charge in [0.25, 0.3) is 0 Å². The minimum absolute atomic E-state index is 0.0727. The van der Waals surface area contributed by atoms with Crippen LogP contribution in [0.4, 0.5) is 0 Å². The van der Waals surface area contributed by atoms with Crippen LogP contribution in [0.25, 0.3) is 0 Å². The lowest BCUT2D eigenvalue weighted by Crippen LogP contribution is -2.61. The molecule has 0 bridgehead atoms. The fourth-order valence-electron chi connectivity index (χ4n) is 7.24. The molecule has 3 fully saturated rings. The van der Waals surface area contributed by atoms with Crippen LogP contribution in [-0.2, 0) is 19.1 Å². The largest absolute Gasteiger partial charge is 0.469 e. The number of hydrogen-bond donors (Lipinski definition) is 0. The summed E-state index contributed by atoms with van der Waals surface area (Å²) < 4.78 is 4.94. The SMILES string of the molecule is COC(=O)[C@@H]1CC[C@@H]2[C@@]3(C)CCCC(C)(C)[C@@H]3CC[C@@]2(C=O)[C@@H]1C=O. The van der Waals surface area contributed by atoms with Crippen LogP contribution in [0.1, 0.15) is 65.7 Å². The number of carbonyl (C=O) groups is 3. The molecule has 6 atom stereocenters. The zero-order valence-electron chi connectivity index (χ0n) is 16.0. The quantitative estimate of drug-likeness (QED) is 0.575. The van der Waals surface area contributed by atoms with Gasteiger partial charge in [0.2, 0.25) is 0 Å². The molecule has 3 saturated carbocycles. The van der Waals surface area contributed by atoms with Gasteiger partial charge >= 0.3 is 5.97 Å². The normalized spacial score (nSPS) is 45.6. The summed E-state index contributed by atoms with van der Waals surface area (Å²) in [6.07, 6.45) is 8.63. The molecule has 3 rings (SSSR count). The van der Waals surface area contributed by atoms with Gasteiger partial charge in [-0.15, -0.1) is 0 Å². The van der Waals surface area contributed by atoms with Crippen LogP contribution in [0.3, 0.4) is 0 Å². The number of esters is 1. The Labute approximate surface area is 151 Å². The number of ether oxygens (including phenoxy) is 1. The Morgan fingerprint density at radius 2 is 1.72 bits per heavy atom. The molecule has 0 spiro atoms. The molecule has 4 nitrogen and oxygen atoms in total. The molecular weight excluding hydrogens is 316 g/mol. The molecule has 4 heteroatoms. The lowest BCUT2D eigenvalue weighted by Gasteiger charge is -2.65. The molecular formula is C21H32O4. The topological polar surface area (TPSA) is 60.4 Å².